The van der Waals surface area contributed by atoms with Crippen molar-refractivity contribution in [3.63, 3.8) is 0 Å². The van der Waals surface area contributed by atoms with Gasteiger partial charge < -0.3 is 15.6 Å². The molecule has 1 aromatic rings. The highest BCUT2D eigenvalue weighted by Gasteiger charge is 2.37. The smallest absolute Gasteiger partial charge is 0.240 e. The Morgan fingerprint density at radius 3 is 3.06 bits per heavy atom. The Kier molecular flexibility index (Phi) is 3.76. The molecule has 1 heterocycles. The average molecular weight is 249 g/mol. The predicted molar refractivity (Wildman–Crippen MR) is 71.8 cm³/mol. The van der Waals surface area contributed by atoms with Crippen molar-refractivity contribution in [3.05, 3.63) is 24.0 Å². The molecular formula is C14H23N3O. The summed E-state index contributed by atoms with van der Waals surface area (Å²) in [6.45, 7) is 2.72. The summed E-state index contributed by atoms with van der Waals surface area (Å²) < 4.78 is 2.01. The summed E-state index contributed by atoms with van der Waals surface area (Å²) in [4.78, 5) is 12.2. The van der Waals surface area contributed by atoms with Gasteiger partial charge in [0, 0.05) is 18.9 Å². The maximum absolute atomic E-state index is 12.2. The van der Waals surface area contributed by atoms with Gasteiger partial charge in [0.15, 0.2) is 0 Å². The minimum atomic E-state index is -0.664. The summed E-state index contributed by atoms with van der Waals surface area (Å²) in [6.07, 6.45) is 5.81. The van der Waals surface area contributed by atoms with Gasteiger partial charge in [-0.3, -0.25) is 4.79 Å². The molecule has 1 aliphatic carbocycles. The summed E-state index contributed by atoms with van der Waals surface area (Å²) in [5.41, 5.74) is 6.68. The molecule has 4 nitrogen and oxygen atoms in total. The van der Waals surface area contributed by atoms with Crippen LogP contribution in [0.15, 0.2) is 18.3 Å². The number of hydrogen-bond donors (Lipinski definition) is 2. The van der Waals surface area contributed by atoms with E-state index in [1.54, 1.807) is 0 Å². The minimum Gasteiger partial charge on any atom is -0.353 e. The van der Waals surface area contributed by atoms with Gasteiger partial charge in [0.2, 0.25) is 5.91 Å². The van der Waals surface area contributed by atoms with Crippen molar-refractivity contribution in [1.29, 1.82) is 0 Å². The SMILES string of the molecule is CC1CCCC(N)(C(=O)NCc2cccn2C)C1. The van der Waals surface area contributed by atoms with E-state index in [-0.39, 0.29) is 5.91 Å². The van der Waals surface area contributed by atoms with Gasteiger partial charge in [0.05, 0.1) is 12.1 Å². The third-order valence-electron chi connectivity index (χ3n) is 3.97. The number of amides is 1. The van der Waals surface area contributed by atoms with Crippen LogP contribution in [0, 0.1) is 5.92 Å². The van der Waals surface area contributed by atoms with Gasteiger partial charge in [-0.1, -0.05) is 19.8 Å². The molecule has 1 aromatic heterocycles. The Hall–Kier alpha value is -1.29. The third-order valence-corrected chi connectivity index (χ3v) is 3.97. The molecule has 0 bridgehead atoms. The van der Waals surface area contributed by atoms with Crippen molar-refractivity contribution in [2.45, 2.75) is 44.7 Å². The number of nitrogens with zero attached hydrogens (tertiary/aromatic N) is 1. The second-order valence-electron chi connectivity index (χ2n) is 5.65. The van der Waals surface area contributed by atoms with Crippen molar-refractivity contribution in [2.75, 3.05) is 0 Å². The van der Waals surface area contributed by atoms with E-state index in [0.717, 1.165) is 25.0 Å². The number of aromatic nitrogens is 1. The van der Waals surface area contributed by atoms with Gasteiger partial charge >= 0.3 is 0 Å². The first-order valence-electron chi connectivity index (χ1n) is 6.69. The van der Waals surface area contributed by atoms with E-state index < -0.39 is 5.54 Å². The van der Waals surface area contributed by atoms with Crippen LogP contribution in [-0.4, -0.2) is 16.0 Å². The van der Waals surface area contributed by atoms with E-state index >= 15 is 0 Å². The van der Waals surface area contributed by atoms with Crippen LogP contribution in [0.25, 0.3) is 0 Å². The van der Waals surface area contributed by atoms with Crippen LogP contribution in [0.1, 0.15) is 38.3 Å². The summed E-state index contributed by atoms with van der Waals surface area (Å²) >= 11 is 0. The summed E-state index contributed by atoms with van der Waals surface area (Å²) in [7, 11) is 1.97. The molecule has 1 fully saturated rings. The number of rotatable bonds is 3. The maximum Gasteiger partial charge on any atom is 0.240 e. The lowest BCUT2D eigenvalue weighted by Crippen LogP contribution is -2.56. The van der Waals surface area contributed by atoms with Crippen molar-refractivity contribution in [2.24, 2.45) is 18.7 Å². The fraction of sp³-hybridized carbons (Fsp3) is 0.643. The zero-order chi connectivity index (χ0) is 13.2. The predicted octanol–water partition coefficient (Wildman–Crippen LogP) is 1.55. The Bertz CT molecular complexity index is 426. The van der Waals surface area contributed by atoms with Gasteiger partial charge in [-0.05, 0) is 30.9 Å². The topological polar surface area (TPSA) is 60.1 Å². The van der Waals surface area contributed by atoms with Crippen molar-refractivity contribution >= 4 is 5.91 Å². The molecule has 1 saturated carbocycles. The molecule has 0 saturated heterocycles. The number of aryl methyl sites for hydroxylation is 1. The third kappa shape index (κ3) is 2.75. The van der Waals surface area contributed by atoms with Crippen LogP contribution in [0.5, 0.6) is 0 Å². The Labute approximate surface area is 109 Å². The second-order valence-corrected chi connectivity index (χ2v) is 5.65. The number of nitrogens with one attached hydrogen (secondary N) is 1. The highest BCUT2D eigenvalue weighted by molar-refractivity contribution is 5.86. The van der Waals surface area contributed by atoms with Gasteiger partial charge in [-0.15, -0.1) is 0 Å². The molecule has 1 amide bonds. The zero-order valence-corrected chi connectivity index (χ0v) is 11.3. The monoisotopic (exact) mass is 249 g/mol. The highest BCUT2D eigenvalue weighted by atomic mass is 16.2. The van der Waals surface area contributed by atoms with E-state index in [4.69, 9.17) is 5.73 Å². The Morgan fingerprint density at radius 1 is 1.67 bits per heavy atom. The molecule has 0 spiro atoms. The molecule has 2 atom stereocenters. The molecule has 100 valence electrons. The van der Waals surface area contributed by atoms with E-state index in [2.05, 4.69) is 12.2 Å². The standard InChI is InChI=1S/C14H23N3O/c1-11-5-3-7-14(15,9-11)13(18)16-10-12-6-4-8-17(12)2/h4,6,8,11H,3,5,7,9-10,15H2,1-2H3,(H,16,18). The van der Waals surface area contributed by atoms with Crippen LogP contribution < -0.4 is 11.1 Å². The minimum absolute atomic E-state index is 0.00440. The fourth-order valence-corrected chi connectivity index (χ4v) is 2.83. The number of hydrogen-bond acceptors (Lipinski definition) is 2. The first-order chi connectivity index (χ1) is 8.51. The van der Waals surface area contributed by atoms with Gasteiger partial charge in [-0.2, -0.15) is 0 Å². The van der Waals surface area contributed by atoms with Crippen LogP contribution in [0.4, 0.5) is 0 Å². The molecule has 1 aliphatic rings. The van der Waals surface area contributed by atoms with E-state index in [9.17, 15) is 4.79 Å². The lowest BCUT2D eigenvalue weighted by Gasteiger charge is -2.35. The van der Waals surface area contributed by atoms with Crippen LogP contribution in [0.3, 0.4) is 0 Å². The molecular weight excluding hydrogens is 226 g/mol. The Balaban J connectivity index is 1.93. The quantitative estimate of drug-likeness (QED) is 0.854. The number of carbonyl (C=O) groups excluding carboxylic acids is 1. The summed E-state index contributed by atoms with van der Waals surface area (Å²) in [5.74, 6) is 0.541. The molecule has 2 rings (SSSR count). The zero-order valence-electron chi connectivity index (χ0n) is 11.3. The lowest BCUT2D eigenvalue weighted by atomic mass is 9.76. The van der Waals surface area contributed by atoms with Crippen molar-refractivity contribution < 1.29 is 4.79 Å². The normalized spacial score (nSPS) is 28.1. The first kappa shape index (κ1) is 13.1. The second kappa shape index (κ2) is 5.14. The molecule has 18 heavy (non-hydrogen) atoms. The van der Waals surface area contributed by atoms with E-state index in [0.29, 0.717) is 12.5 Å². The van der Waals surface area contributed by atoms with Gasteiger partial charge in [0.25, 0.3) is 0 Å². The summed E-state index contributed by atoms with van der Waals surface area (Å²) in [6, 6.07) is 3.98. The van der Waals surface area contributed by atoms with Gasteiger partial charge in [0.1, 0.15) is 0 Å². The average Bonchev–Trinajstić information content (AvgIpc) is 2.71. The van der Waals surface area contributed by atoms with Crippen LogP contribution >= 0.6 is 0 Å². The van der Waals surface area contributed by atoms with Crippen LogP contribution in [0.2, 0.25) is 0 Å². The largest absolute Gasteiger partial charge is 0.353 e. The molecule has 4 heteroatoms. The van der Waals surface area contributed by atoms with E-state index in [1.807, 2.05) is 29.9 Å². The number of nitrogens with two attached hydrogens (primary N) is 1. The molecule has 0 aliphatic heterocycles. The van der Waals surface area contributed by atoms with Crippen molar-refractivity contribution in [1.82, 2.24) is 9.88 Å². The molecule has 0 aromatic carbocycles. The van der Waals surface area contributed by atoms with Crippen molar-refractivity contribution in [3.8, 4) is 0 Å². The van der Waals surface area contributed by atoms with Crippen LogP contribution in [-0.2, 0) is 18.4 Å². The number of carbonyl (C=O) groups is 1. The Morgan fingerprint density at radius 2 is 2.44 bits per heavy atom. The fourth-order valence-electron chi connectivity index (χ4n) is 2.83. The van der Waals surface area contributed by atoms with E-state index in [1.165, 1.54) is 6.42 Å². The molecule has 3 N–H and O–H groups in total. The van der Waals surface area contributed by atoms with Gasteiger partial charge in [-0.25, -0.2) is 0 Å². The highest BCUT2D eigenvalue weighted by Crippen LogP contribution is 2.30. The first-order valence-corrected chi connectivity index (χ1v) is 6.69. The molecule has 0 radical (unpaired) electrons. The summed E-state index contributed by atoms with van der Waals surface area (Å²) in [5, 5.41) is 2.97. The maximum atomic E-state index is 12.2. The molecule has 2 unspecified atom stereocenters. The lowest BCUT2D eigenvalue weighted by molar-refractivity contribution is -0.128.